The highest BCUT2D eigenvalue weighted by atomic mass is 16.3. The lowest BCUT2D eigenvalue weighted by molar-refractivity contribution is 0.670. The lowest BCUT2D eigenvalue weighted by atomic mass is 10.00. The molecular weight excluding hydrogens is 611 g/mol. The molecule has 10 rings (SSSR count). The van der Waals surface area contributed by atoms with Crippen LogP contribution < -0.4 is 0 Å². The molecule has 0 aliphatic heterocycles. The molecule has 0 radical (unpaired) electrons. The Labute approximate surface area is 288 Å². The molecule has 0 saturated heterocycles. The summed E-state index contributed by atoms with van der Waals surface area (Å²) >= 11 is 0. The van der Waals surface area contributed by atoms with Gasteiger partial charge in [-0.15, -0.1) is 0 Å². The molecule has 0 saturated carbocycles. The maximum atomic E-state index is 6.84. The largest absolute Gasteiger partial charge is 0.455 e. The van der Waals surface area contributed by atoms with Crippen LogP contribution in [0, 0.1) is 0 Å². The predicted molar refractivity (Wildman–Crippen MR) is 205 cm³/mol. The SMILES string of the molecule is c1ccc(-c2cccc(-n3c4ccccc4c4cc(-c5cc(-c6ccccc6)nc(-c6ccccc6)n5)c5oc6ccccc6c5c43)c2)cc1. The van der Waals surface area contributed by atoms with Gasteiger partial charge in [0.05, 0.1) is 27.8 Å². The van der Waals surface area contributed by atoms with Gasteiger partial charge in [-0.3, -0.25) is 0 Å². The lowest BCUT2D eigenvalue weighted by Gasteiger charge is -2.13. The van der Waals surface area contributed by atoms with Gasteiger partial charge in [0, 0.05) is 38.5 Å². The van der Waals surface area contributed by atoms with Crippen LogP contribution in [0.15, 0.2) is 180 Å². The van der Waals surface area contributed by atoms with Gasteiger partial charge in [-0.25, -0.2) is 9.97 Å². The van der Waals surface area contributed by atoms with Gasteiger partial charge >= 0.3 is 0 Å². The number of benzene rings is 7. The number of aromatic nitrogens is 3. The monoisotopic (exact) mass is 639 g/mol. The quantitative estimate of drug-likeness (QED) is 0.188. The van der Waals surface area contributed by atoms with Gasteiger partial charge in [-0.1, -0.05) is 140 Å². The topological polar surface area (TPSA) is 43.9 Å². The van der Waals surface area contributed by atoms with Crippen LogP contribution in [0.1, 0.15) is 0 Å². The van der Waals surface area contributed by atoms with Crippen molar-refractivity contribution in [2.75, 3.05) is 0 Å². The second kappa shape index (κ2) is 11.4. The fourth-order valence-electron chi connectivity index (χ4n) is 7.31. The van der Waals surface area contributed by atoms with Crippen molar-refractivity contribution >= 4 is 43.7 Å². The Hall–Kier alpha value is -6.78. The summed E-state index contributed by atoms with van der Waals surface area (Å²) in [6.45, 7) is 0. The third-order valence-corrected chi connectivity index (χ3v) is 9.59. The molecule has 10 aromatic rings. The lowest BCUT2D eigenvalue weighted by Crippen LogP contribution is -1.97. The highest BCUT2D eigenvalue weighted by Gasteiger charge is 2.24. The molecule has 0 aliphatic rings. The van der Waals surface area contributed by atoms with Crippen molar-refractivity contribution in [2.45, 2.75) is 0 Å². The summed E-state index contributed by atoms with van der Waals surface area (Å²) in [7, 11) is 0. The van der Waals surface area contributed by atoms with E-state index in [-0.39, 0.29) is 0 Å². The van der Waals surface area contributed by atoms with E-state index in [1.165, 1.54) is 16.5 Å². The maximum Gasteiger partial charge on any atom is 0.160 e. The van der Waals surface area contributed by atoms with Crippen LogP contribution in [0.4, 0.5) is 0 Å². The Bertz CT molecular complexity index is 2800. The molecule has 3 aromatic heterocycles. The van der Waals surface area contributed by atoms with E-state index in [2.05, 4.69) is 138 Å². The number of fused-ring (bicyclic) bond motifs is 7. The van der Waals surface area contributed by atoms with Crippen molar-refractivity contribution in [1.29, 1.82) is 0 Å². The Morgan fingerprint density at radius 3 is 1.84 bits per heavy atom. The van der Waals surface area contributed by atoms with E-state index in [9.17, 15) is 0 Å². The first-order valence-corrected chi connectivity index (χ1v) is 16.8. The molecule has 0 atom stereocenters. The average molecular weight is 640 g/mol. The van der Waals surface area contributed by atoms with Gasteiger partial charge in [-0.05, 0) is 47.5 Å². The van der Waals surface area contributed by atoms with Crippen molar-refractivity contribution in [3.8, 4) is 50.7 Å². The molecule has 7 aromatic carbocycles. The van der Waals surface area contributed by atoms with E-state index in [1.807, 2.05) is 42.5 Å². The molecule has 0 bridgehead atoms. The third-order valence-electron chi connectivity index (χ3n) is 9.59. The Morgan fingerprint density at radius 2 is 1.06 bits per heavy atom. The normalized spacial score (nSPS) is 11.6. The van der Waals surface area contributed by atoms with Crippen LogP contribution in [-0.2, 0) is 0 Å². The summed E-state index contributed by atoms with van der Waals surface area (Å²) in [6, 6.07) is 61.2. The molecule has 4 heteroatoms. The van der Waals surface area contributed by atoms with Crippen LogP contribution >= 0.6 is 0 Å². The fourth-order valence-corrected chi connectivity index (χ4v) is 7.31. The van der Waals surface area contributed by atoms with E-state index in [0.717, 1.165) is 72.1 Å². The van der Waals surface area contributed by atoms with E-state index in [4.69, 9.17) is 14.4 Å². The number of rotatable bonds is 5. The summed E-state index contributed by atoms with van der Waals surface area (Å²) in [4.78, 5) is 10.3. The molecule has 0 fully saturated rings. The Morgan fingerprint density at radius 1 is 0.440 bits per heavy atom. The fraction of sp³-hybridized carbons (Fsp3) is 0. The zero-order valence-corrected chi connectivity index (χ0v) is 27.0. The molecule has 0 unspecified atom stereocenters. The zero-order valence-electron chi connectivity index (χ0n) is 27.0. The second-order valence-corrected chi connectivity index (χ2v) is 12.6. The molecule has 0 N–H and O–H groups in total. The van der Waals surface area contributed by atoms with Crippen molar-refractivity contribution < 1.29 is 4.42 Å². The molecule has 0 amide bonds. The number of hydrogen-bond donors (Lipinski definition) is 0. The molecule has 0 aliphatic carbocycles. The molecule has 3 heterocycles. The van der Waals surface area contributed by atoms with Gasteiger partial charge in [0.1, 0.15) is 11.2 Å². The van der Waals surface area contributed by atoms with Gasteiger partial charge in [0.15, 0.2) is 5.82 Å². The van der Waals surface area contributed by atoms with Gasteiger partial charge in [-0.2, -0.15) is 0 Å². The predicted octanol–water partition coefficient (Wildman–Crippen LogP) is 12.1. The minimum absolute atomic E-state index is 0.673. The second-order valence-electron chi connectivity index (χ2n) is 12.6. The van der Waals surface area contributed by atoms with Crippen molar-refractivity contribution in [3.63, 3.8) is 0 Å². The average Bonchev–Trinajstić information content (AvgIpc) is 3.75. The minimum Gasteiger partial charge on any atom is -0.455 e. The first-order valence-electron chi connectivity index (χ1n) is 16.8. The highest BCUT2D eigenvalue weighted by molar-refractivity contribution is 6.27. The standard InChI is InChI=1S/C46H29N3O/c1-4-15-30(16-5-1)33-21-14-22-34(27-33)49-41-25-12-10-23-35(41)37-28-38(45-43(44(37)49)36-24-11-13-26-42(36)50-45)40-29-39(31-17-6-2-7-18-31)47-46(48-40)32-19-8-3-9-20-32/h1-29H. The number of furan rings is 1. The van der Waals surface area contributed by atoms with E-state index in [1.54, 1.807) is 0 Å². The smallest absolute Gasteiger partial charge is 0.160 e. The van der Waals surface area contributed by atoms with Gasteiger partial charge in [0.25, 0.3) is 0 Å². The first kappa shape index (κ1) is 28.3. The summed E-state index contributed by atoms with van der Waals surface area (Å²) in [6.07, 6.45) is 0. The molecule has 4 nitrogen and oxygen atoms in total. The highest BCUT2D eigenvalue weighted by Crippen LogP contribution is 2.45. The molecular formula is C46H29N3O. The van der Waals surface area contributed by atoms with E-state index in [0.29, 0.717) is 5.82 Å². The zero-order chi connectivity index (χ0) is 33.0. The summed E-state index contributed by atoms with van der Waals surface area (Å²) in [5, 5.41) is 4.44. The third kappa shape index (κ3) is 4.54. The van der Waals surface area contributed by atoms with Gasteiger partial charge in [0.2, 0.25) is 0 Å². The van der Waals surface area contributed by atoms with Crippen LogP contribution in [-0.4, -0.2) is 14.5 Å². The summed E-state index contributed by atoms with van der Waals surface area (Å²) in [5.74, 6) is 0.673. The first-order chi connectivity index (χ1) is 24.8. The van der Waals surface area contributed by atoms with E-state index < -0.39 is 0 Å². The maximum absolute atomic E-state index is 6.84. The Balaban J connectivity index is 1.32. The molecule has 50 heavy (non-hydrogen) atoms. The summed E-state index contributed by atoms with van der Waals surface area (Å²) in [5.41, 5.74) is 11.9. The van der Waals surface area contributed by atoms with Crippen LogP contribution in [0.3, 0.4) is 0 Å². The number of hydrogen-bond acceptors (Lipinski definition) is 3. The van der Waals surface area contributed by atoms with E-state index >= 15 is 0 Å². The molecule has 234 valence electrons. The van der Waals surface area contributed by atoms with Gasteiger partial charge < -0.3 is 8.98 Å². The summed E-state index contributed by atoms with van der Waals surface area (Å²) < 4.78 is 9.24. The van der Waals surface area contributed by atoms with Crippen molar-refractivity contribution in [1.82, 2.24) is 14.5 Å². The van der Waals surface area contributed by atoms with Crippen LogP contribution in [0.5, 0.6) is 0 Å². The van der Waals surface area contributed by atoms with Crippen LogP contribution in [0.2, 0.25) is 0 Å². The number of nitrogens with zero attached hydrogens (tertiary/aromatic N) is 3. The van der Waals surface area contributed by atoms with Crippen molar-refractivity contribution in [2.24, 2.45) is 0 Å². The Kier molecular flexibility index (Phi) is 6.46. The van der Waals surface area contributed by atoms with Crippen LogP contribution in [0.25, 0.3) is 94.5 Å². The minimum atomic E-state index is 0.673. The van der Waals surface area contributed by atoms with Crippen molar-refractivity contribution in [3.05, 3.63) is 176 Å². The number of para-hydroxylation sites is 2. The molecule has 0 spiro atoms.